The van der Waals surface area contributed by atoms with Gasteiger partial charge in [-0.25, -0.2) is 0 Å². The summed E-state index contributed by atoms with van der Waals surface area (Å²) in [4.78, 5) is 14.4. The minimum atomic E-state index is 0.00624. The Morgan fingerprint density at radius 2 is 1.69 bits per heavy atom. The highest BCUT2D eigenvalue weighted by molar-refractivity contribution is 9.10. The van der Waals surface area contributed by atoms with Crippen molar-refractivity contribution in [3.63, 3.8) is 0 Å². The smallest absolute Gasteiger partial charge is 0.238 e. The molecular formula is C21H27BrN2O2. The molecule has 0 bridgehead atoms. The lowest BCUT2D eigenvalue weighted by Crippen LogP contribution is -2.33. The number of benzene rings is 2. The number of carbonyl (C=O) groups is 1. The van der Waals surface area contributed by atoms with Gasteiger partial charge in [0.05, 0.1) is 6.54 Å². The van der Waals surface area contributed by atoms with Gasteiger partial charge in [0, 0.05) is 16.7 Å². The summed E-state index contributed by atoms with van der Waals surface area (Å²) >= 11 is 3.40. The molecule has 0 radical (unpaired) electrons. The van der Waals surface area contributed by atoms with Gasteiger partial charge < -0.3 is 10.1 Å². The number of nitrogens with zero attached hydrogens (tertiary/aromatic N) is 1. The van der Waals surface area contributed by atoms with Gasteiger partial charge in [-0.15, -0.1) is 0 Å². The van der Waals surface area contributed by atoms with Gasteiger partial charge in [0.2, 0.25) is 5.91 Å². The van der Waals surface area contributed by atoms with E-state index in [0.29, 0.717) is 19.7 Å². The van der Waals surface area contributed by atoms with E-state index in [2.05, 4.69) is 53.3 Å². The largest absolute Gasteiger partial charge is 0.492 e. The minimum absolute atomic E-state index is 0.00624. The number of anilines is 1. The van der Waals surface area contributed by atoms with Crippen molar-refractivity contribution in [3.05, 3.63) is 58.1 Å². The Morgan fingerprint density at radius 3 is 2.27 bits per heavy atom. The molecule has 0 aromatic heterocycles. The van der Waals surface area contributed by atoms with Gasteiger partial charge in [-0.3, -0.25) is 9.69 Å². The maximum absolute atomic E-state index is 12.4. The number of hydrogen-bond acceptors (Lipinski definition) is 3. The Hall–Kier alpha value is -1.85. The molecule has 0 aliphatic carbocycles. The lowest BCUT2D eigenvalue weighted by molar-refractivity contribution is -0.117. The molecule has 0 fully saturated rings. The van der Waals surface area contributed by atoms with Crippen LogP contribution in [0.25, 0.3) is 0 Å². The highest BCUT2D eigenvalue weighted by atomic mass is 79.9. The number of ether oxygens (including phenoxy) is 1. The van der Waals surface area contributed by atoms with Crippen LogP contribution in [0.5, 0.6) is 5.75 Å². The van der Waals surface area contributed by atoms with Gasteiger partial charge in [-0.1, -0.05) is 48.0 Å². The third kappa shape index (κ3) is 6.15. The quantitative estimate of drug-likeness (QED) is 0.650. The molecule has 0 spiro atoms. The predicted molar refractivity (Wildman–Crippen MR) is 111 cm³/mol. The molecule has 0 atom stereocenters. The number of nitrogens with one attached hydrogen (secondary N) is 1. The number of rotatable bonds is 9. The Kier molecular flexibility index (Phi) is 8.13. The molecule has 0 unspecified atom stereocenters. The van der Waals surface area contributed by atoms with Gasteiger partial charge in [0.15, 0.2) is 0 Å². The molecule has 2 aromatic carbocycles. The second-order valence-corrected chi connectivity index (χ2v) is 7.16. The van der Waals surface area contributed by atoms with E-state index in [-0.39, 0.29) is 5.91 Å². The fourth-order valence-electron chi connectivity index (χ4n) is 2.76. The van der Waals surface area contributed by atoms with Crippen LogP contribution in [0.2, 0.25) is 0 Å². The Bertz CT molecular complexity index is 694. The van der Waals surface area contributed by atoms with Crippen molar-refractivity contribution in [1.29, 1.82) is 0 Å². The highest BCUT2D eigenvalue weighted by Gasteiger charge is 2.12. The zero-order chi connectivity index (χ0) is 18.9. The minimum Gasteiger partial charge on any atom is -0.492 e. The molecule has 1 N–H and O–H groups in total. The molecule has 0 aliphatic heterocycles. The Labute approximate surface area is 164 Å². The first-order chi connectivity index (χ1) is 12.5. The van der Waals surface area contributed by atoms with E-state index in [1.54, 1.807) is 0 Å². The van der Waals surface area contributed by atoms with E-state index in [9.17, 15) is 4.79 Å². The van der Waals surface area contributed by atoms with Gasteiger partial charge in [0.25, 0.3) is 0 Å². The number of likely N-dealkylation sites (N-methyl/N-ethyl adjacent to an activating group) is 1. The number of carbonyl (C=O) groups excluding carboxylic acids is 1. The van der Waals surface area contributed by atoms with Crippen LogP contribution in [-0.4, -0.2) is 37.6 Å². The van der Waals surface area contributed by atoms with E-state index >= 15 is 0 Å². The van der Waals surface area contributed by atoms with Crippen molar-refractivity contribution >= 4 is 27.5 Å². The van der Waals surface area contributed by atoms with Crippen LogP contribution >= 0.6 is 15.9 Å². The number of hydrogen-bond donors (Lipinski definition) is 1. The first-order valence-electron chi connectivity index (χ1n) is 9.01. The summed E-state index contributed by atoms with van der Waals surface area (Å²) in [5.41, 5.74) is 3.33. The summed E-state index contributed by atoms with van der Waals surface area (Å²) in [5, 5.41) is 3.10. The van der Waals surface area contributed by atoms with Crippen LogP contribution < -0.4 is 10.1 Å². The first kappa shape index (κ1) is 20.5. The molecule has 140 valence electrons. The number of aryl methyl sites for hydroxylation is 2. The van der Waals surface area contributed by atoms with Crippen LogP contribution in [0, 0.1) is 0 Å². The lowest BCUT2D eigenvalue weighted by Gasteiger charge is -2.19. The second kappa shape index (κ2) is 10.3. The van der Waals surface area contributed by atoms with E-state index in [1.165, 1.54) is 11.1 Å². The average Bonchev–Trinajstić information content (AvgIpc) is 2.63. The molecule has 4 nitrogen and oxygen atoms in total. The van der Waals surface area contributed by atoms with Gasteiger partial charge >= 0.3 is 0 Å². The van der Waals surface area contributed by atoms with Crippen LogP contribution in [0.1, 0.15) is 25.0 Å². The van der Waals surface area contributed by atoms with E-state index < -0.39 is 0 Å². The van der Waals surface area contributed by atoms with E-state index in [0.717, 1.165) is 28.8 Å². The predicted octanol–water partition coefficient (Wildman–Crippen LogP) is 4.52. The monoisotopic (exact) mass is 418 g/mol. The third-order valence-corrected chi connectivity index (χ3v) is 4.76. The molecule has 1 amide bonds. The van der Waals surface area contributed by atoms with Crippen molar-refractivity contribution in [2.45, 2.75) is 26.7 Å². The molecule has 0 aliphatic rings. The molecule has 0 saturated heterocycles. The first-order valence-corrected chi connectivity index (χ1v) is 9.80. The van der Waals surface area contributed by atoms with Crippen LogP contribution in [0.3, 0.4) is 0 Å². The van der Waals surface area contributed by atoms with Crippen molar-refractivity contribution < 1.29 is 9.53 Å². The number of para-hydroxylation sites is 1. The van der Waals surface area contributed by atoms with Gasteiger partial charge in [-0.05, 0) is 55.3 Å². The zero-order valence-electron chi connectivity index (χ0n) is 15.7. The van der Waals surface area contributed by atoms with Crippen molar-refractivity contribution in [1.82, 2.24) is 4.90 Å². The summed E-state index contributed by atoms with van der Waals surface area (Å²) in [6, 6.07) is 13.9. The molecule has 5 heteroatoms. The number of halogens is 1. The molecule has 26 heavy (non-hydrogen) atoms. The lowest BCUT2D eigenvalue weighted by atomic mass is 10.0. The standard InChI is InChI=1S/C21H27BrN2O2/c1-4-16-7-6-8-17(5-2)21(16)23-20(25)15-24(3)13-14-26-19-11-9-18(22)10-12-19/h6-12H,4-5,13-15H2,1-3H3,(H,23,25). The summed E-state index contributed by atoms with van der Waals surface area (Å²) in [6.07, 6.45) is 1.81. The average molecular weight is 419 g/mol. The Balaban J connectivity index is 1.83. The highest BCUT2D eigenvalue weighted by Crippen LogP contribution is 2.22. The zero-order valence-corrected chi connectivity index (χ0v) is 17.3. The fourth-order valence-corrected chi connectivity index (χ4v) is 3.02. The Morgan fingerprint density at radius 1 is 1.08 bits per heavy atom. The fraction of sp³-hybridized carbons (Fsp3) is 0.381. The van der Waals surface area contributed by atoms with E-state index in [4.69, 9.17) is 4.74 Å². The molecular weight excluding hydrogens is 392 g/mol. The normalized spacial score (nSPS) is 10.8. The topological polar surface area (TPSA) is 41.6 Å². The van der Waals surface area contributed by atoms with Crippen molar-refractivity contribution in [2.75, 3.05) is 32.1 Å². The van der Waals surface area contributed by atoms with Crippen LogP contribution in [0.4, 0.5) is 5.69 Å². The van der Waals surface area contributed by atoms with Gasteiger partial charge in [0.1, 0.15) is 12.4 Å². The van der Waals surface area contributed by atoms with Crippen molar-refractivity contribution in [2.24, 2.45) is 0 Å². The molecule has 2 rings (SSSR count). The number of amides is 1. The summed E-state index contributed by atoms with van der Waals surface area (Å²) in [6.45, 7) is 5.77. The maximum Gasteiger partial charge on any atom is 0.238 e. The molecule has 0 heterocycles. The van der Waals surface area contributed by atoms with Crippen LogP contribution in [0.15, 0.2) is 46.9 Å². The SMILES string of the molecule is CCc1cccc(CC)c1NC(=O)CN(C)CCOc1ccc(Br)cc1. The summed E-state index contributed by atoms with van der Waals surface area (Å²) < 4.78 is 6.74. The van der Waals surface area contributed by atoms with E-state index in [1.807, 2.05) is 36.2 Å². The van der Waals surface area contributed by atoms with Gasteiger partial charge in [-0.2, -0.15) is 0 Å². The molecule has 2 aromatic rings. The maximum atomic E-state index is 12.4. The van der Waals surface area contributed by atoms with Crippen LogP contribution in [-0.2, 0) is 17.6 Å². The second-order valence-electron chi connectivity index (χ2n) is 6.25. The summed E-state index contributed by atoms with van der Waals surface area (Å²) in [7, 11) is 1.93. The molecule has 0 saturated carbocycles. The van der Waals surface area contributed by atoms with Crippen molar-refractivity contribution in [3.8, 4) is 5.75 Å². The summed E-state index contributed by atoms with van der Waals surface area (Å²) in [5.74, 6) is 0.835. The third-order valence-electron chi connectivity index (χ3n) is 4.23.